The van der Waals surface area contributed by atoms with E-state index in [9.17, 15) is 4.39 Å². The Kier molecular flexibility index (Phi) is 5.73. The van der Waals surface area contributed by atoms with Gasteiger partial charge in [0, 0.05) is 30.1 Å². The van der Waals surface area contributed by atoms with Crippen LogP contribution >= 0.6 is 22.9 Å². The lowest BCUT2D eigenvalue weighted by molar-refractivity contribution is 0.626. The fourth-order valence-electron chi connectivity index (χ4n) is 2.72. The van der Waals surface area contributed by atoms with Gasteiger partial charge >= 0.3 is 0 Å². The summed E-state index contributed by atoms with van der Waals surface area (Å²) in [6.45, 7) is 3.28. The maximum atomic E-state index is 13.0. The summed E-state index contributed by atoms with van der Waals surface area (Å²) in [7, 11) is 0. The molecule has 0 spiro atoms. The lowest BCUT2D eigenvalue weighted by Crippen LogP contribution is -2.30. The molecule has 0 unspecified atom stereocenters. The van der Waals surface area contributed by atoms with Crippen LogP contribution in [0.2, 0.25) is 5.02 Å². The van der Waals surface area contributed by atoms with Gasteiger partial charge in [-0.3, -0.25) is 4.68 Å². The number of thiophene rings is 1. The molecule has 2 aromatic heterocycles. The van der Waals surface area contributed by atoms with Crippen molar-refractivity contribution >= 4 is 27.9 Å². The number of aromatic nitrogens is 2. The van der Waals surface area contributed by atoms with Gasteiger partial charge in [-0.05, 0) is 37.1 Å². The largest absolute Gasteiger partial charge is 0.373 e. The average Bonchev–Trinajstić information content (AvgIpc) is 3.22. The number of aryl methyl sites for hydroxylation is 1. The number of benzene rings is 1. The minimum absolute atomic E-state index is 0.0727. The van der Waals surface area contributed by atoms with Crippen molar-refractivity contribution in [2.24, 2.45) is 5.73 Å². The highest BCUT2D eigenvalue weighted by Gasteiger charge is 2.14. The molecule has 0 radical (unpaired) electrons. The van der Waals surface area contributed by atoms with Gasteiger partial charge in [0.05, 0.1) is 21.9 Å². The van der Waals surface area contributed by atoms with Gasteiger partial charge in [0.2, 0.25) is 0 Å². The molecule has 0 fully saturated rings. The quantitative estimate of drug-likeness (QED) is 0.640. The third-order valence-electron chi connectivity index (χ3n) is 3.99. The van der Waals surface area contributed by atoms with Crippen molar-refractivity contribution in [3.8, 4) is 11.3 Å². The first-order valence-corrected chi connectivity index (χ1v) is 9.37. The SMILES string of the molecule is CCn1ncc(Cl)c1-c1csc(N[C@H](CN)Cc2ccc(F)cc2)c1. The minimum Gasteiger partial charge on any atom is -0.373 e. The molecule has 4 nitrogen and oxygen atoms in total. The van der Waals surface area contributed by atoms with Crippen molar-refractivity contribution in [3.05, 3.63) is 58.3 Å². The van der Waals surface area contributed by atoms with Crippen molar-refractivity contribution in [1.29, 1.82) is 0 Å². The summed E-state index contributed by atoms with van der Waals surface area (Å²) in [4.78, 5) is 0. The molecule has 0 amide bonds. The van der Waals surface area contributed by atoms with Gasteiger partial charge in [-0.2, -0.15) is 5.10 Å². The van der Waals surface area contributed by atoms with Crippen LogP contribution in [0.3, 0.4) is 0 Å². The van der Waals surface area contributed by atoms with E-state index in [1.807, 2.05) is 11.6 Å². The van der Waals surface area contributed by atoms with Crippen LogP contribution < -0.4 is 11.1 Å². The topological polar surface area (TPSA) is 55.9 Å². The predicted molar refractivity (Wildman–Crippen MR) is 103 cm³/mol. The van der Waals surface area contributed by atoms with Crippen molar-refractivity contribution in [2.45, 2.75) is 25.9 Å². The standard InChI is InChI=1S/C18H20ClFN4S/c1-2-24-18(16(19)10-22-24)13-8-17(25-11-13)23-15(9-21)7-12-3-5-14(20)6-4-12/h3-6,8,10-11,15,23H,2,7,9,21H2,1H3/t15-/m0/s1. The molecule has 2 heterocycles. The maximum absolute atomic E-state index is 13.0. The molecule has 7 heteroatoms. The Morgan fingerprint density at radius 3 is 2.80 bits per heavy atom. The van der Waals surface area contributed by atoms with Crippen LogP contribution in [0.1, 0.15) is 12.5 Å². The van der Waals surface area contributed by atoms with Gasteiger partial charge < -0.3 is 11.1 Å². The summed E-state index contributed by atoms with van der Waals surface area (Å²) in [6, 6.07) is 8.66. The van der Waals surface area contributed by atoms with Crippen molar-refractivity contribution in [3.63, 3.8) is 0 Å². The lowest BCUT2D eigenvalue weighted by atomic mass is 10.1. The molecule has 0 aliphatic heterocycles. The monoisotopic (exact) mass is 378 g/mol. The van der Waals surface area contributed by atoms with E-state index >= 15 is 0 Å². The molecule has 3 N–H and O–H groups in total. The molecular formula is C18H20ClFN4S. The van der Waals surface area contributed by atoms with Gasteiger partial charge in [0.1, 0.15) is 5.82 Å². The summed E-state index contributed by atoms with van der Waals surface area (Å²) in [6.07, 6.45) is 2.40. The number of nitrogens with one attached hydrogen (secondary N) is 1. The highest BCUT2D eigenvalue weighted by molar-refractivity contribution is 7.14. The summed E-state index contributed by atoms with van der Waals surface area (Å²) < 4.78 is 14.9. The Morgan fingerprint density at radius 1 is 1.36 bits per heavy atom. The van der Waals surface area contributed by atoms with Crippen LogP contribution in [0.4, 0.5) is 9.39 Å². The molecule has 0 aliphatic carbocycles. The van der Waals surface area contributed by atoms with Gasteiger partial charge in [-0.1, -0.05) is 23.7 Å². The Morgan fingerprint density at radius 2 is 2.12 bits per heavy atom. The third-order valence-corrected chi connectivity index (χ3v) is 5.13. The fraction of sp³-hybridized carbons (Fsp3) is 0.278. The van der Waals surface area contributed by atoms with E-state index in [4.69, 9.17) is 17.3 Å². The van der Waals surface area contributed by atoms with Crippen LogP contribution in [-0.2, 0) is 13.0 Å². The first-order valence-electron chi connectivity index (χ1n) is 8.12. The predicted octanol–water partition coefficient (Wildman–Crippen LogP) is 4.41. The minimum atomic E-state index is -0.228. The van der Waals surface area contributed by atoms with Crippen LogP contribution in [-0.4, -0.2) is 22.4 Å². The second-order valence-electron chi connectivity index (χ2n) is 5.76. The Balaban J connectivity index is 1.73. The molecule has 3 rings (SSSR count). The Bertz CT molecular complexity index is 828. The number of rotatable bonds is 7. The molecule has 132 valence electrons. The van der Waals surface area contributed by atoms with Crippen molar-refractivity contribution < 1.29 is 4.39 Å². The maximum Gasteiger partial charge on any atom is 0.123 e. The van der Waals surface area contributed by atoms with Crippen LogP contribution in [0, 0.1) is 5.82 Å². The molecule has 0 aliphatic rings. The van der Waals surface area contributed by atoms with Crippen molar-refractivity contribution in [1.82, 2.24) is 9.78 Å². The lowest BCUT2D eigenvalue weighted by Gasteiger charge is -2.17. The second-order valence-corrected chi connectivity index (χ2v) is 7.08. The zero-order valence-corrected chi connectivity index (χ0v) is 15.4. The molecule has 1 atom stereocenters. The Hall–Kier alpha value is -1.89. The average molecular weight is 379 g/mol. The second kappa shape index (κ2) is 7.99. The number of hydrogen-bond acceptors (Lipinski definition) is 4. The fourth-order valence-corrected chi connectivity index (χ4v) is 3.84. The van der Waals surface area contributed by atoms with E-state index in [1.54, 1.807) is 29.7 Å². The molecule has 0 saturated carbocycles. The zero-order valence-electron chi connectivity index (χ0n) is 13.9. The van der Waals surface area contributed by atoms with Gasteiger partial charge in [0.15, 0.2) is 0 Å². The van der Waals surface area contributed by atoms with Crippen LogP contribution in [0.25, 0.3) is 11.3 Å². The molecule has 3 aromatic rings. The van der Waals surface area contributed by atoms with Gasteiger partial charge in [-0.25, -0.2) is 4.39 Å². The number of nitrogens with zero attached hydrogens (tertiary/aromatic N) is 2. The van der Waals surface area contributed by atoms with Crippen LogP contribution in [0.15, 0.2) is 41.9 Å². The number of hydrogen-bond donors (Lipinski definition) is 2. The summed E-state index contributed by atoms with van der Waals surface area (Å²) in [5, 5.41) is 11.5. The molecule has 25 heavy (non-hydrogen) atoms. The summed E-state index contributed by atoms with van der Waals surface area (Å²) >= 11 is 7.88. The number of nitrogens with two attached hydrogens (primary N) is 1. The van der Waals surface area contributed by atoms with E-state index in [-0.39, 0.29) is 11.9 Å². The highest BCUT2D eigenvalue weighted by atomic mass is 35.5. The first kappa shape index (κ1) is 17.9. The molecule has 0 bridgehead atoms. The van der Waals surface area contributed by atoms with E-state index in [0.29, 0.717) is 11.6 Å². The van der Waals surface area contributed by atoms with E-state index in [1.165, 1.54) is 12.1 Å². The van der Waals surface area contributed by atoms with Crippen LogP contribution in [0.5, 0.6) is 0 Å². The molecule has 1 aromatic carbocycles. The molecule has 0 saturated heterocycles. The molecular weight excluding hydrogens is 359 g/mol. The summed E-state index contributed by atoms with van der Waals surface area (Å²) in [5.74, 6) is -0.228. The van der Waals surface area contributed by atoms with Gasteiger partial charge in [-0.15, -0.1) is 11.3 Å². The number of halogens is 2. The normalized spacial score (nSPS) is 12.3. The first-order chi connectivity index (χ1) is 12.1. The third kappa shape index (κ3) is 4.21. The van der Waals surface area contributed by atoms with E-state index < -0.39 is 0 Å². The van der Waals surface area contributed by atoms with E-state index in [0.717, 1.165) is 34.8 Å². The highest BCUT2D eigenvalue weighted by Crippen LogP contribution is 2.33. The van der Waals surface area contributed by atoms with E-state index in [2.05, 4.69) is 21.9 Å². The van der Waals surface area contributed by atoms with Gasteiger partial charge in [0.25, 0.3) is 0 Å². The summed E-state index contributed by atoms with van der Waals surface area (Å²) in [5.41, 5.74) is 8.92. The number of anilines is 1. The Labute approximate surface area is 155 Å². The smallest absolute Gasteiger partial charge is 0.123 e. The zero-order chi connectivity index (χ0) is 17.8. The van der Waals surface area contributed by atoms with Crippen molar-refractivity contribution in [2.75, 3.05) is 11.9 Å².